The Hall–Kier alpha value is -1.76. The third kappa shape index (κ3) is 1.48. The van der Waals surface area contributed by atoms with Crippen molar-refractivity contribution < 1.29 is 4.68 Å². The SMILES string of the molecule is CCC1(C)c2c(c(Cl)nn3nnnc23)[N-][N+]1=C(C)C. The quantitative estimate of drug-likeness (QED) is 0.750. The summed E-state index contributed by atoms with van der Waals surface area (Å²) in [6.07, 6.45) is 0.859. The summed E-state index contributed by atoms with van der Waals surface area (Å²) in [7, 11) is 0. The van der Waals surface area contributed by atoms with Crippen LogP contribution in [-0.4, -0.2) is 35.7 Å². The molecule has 0 fully saturated rings. The second kappa shape index (κ2) is 3.86. The van der Waals surface area contributed by atoms with Crippen LogP contribution in [0.15, 0.2) is 0 Å². The smallest absolute Gasteiger partial charge is 0.209 e. The first-order valence-corrected chi connectivity index (χ1v) is 6.47. The van der Waals surface area contributed by atoms with E-state index in [-0.39, 0.29) is 5.54 Å². The summed E-state index contributed by atoms with van der Waals surface area (Å²) in [5, 5.41) is 16.0. The molecule has 100 valence electrons. The molecule has 19 heavy (non-hydrogen) atoms. The monoisotopic (exact) mass is 279 g/mol. The largest absolute Gasteiger partial charge is 0.406 e. The van der Waals surface area contributed by atoms with Gasteiger partial charge < -0.3 is 5.43 Å². The number of rotatable bonds is 1. The van der Waals surface area contributed by atoms with Crippen molar-refractivity contribution in [2.75, 3.05) is 0 Å². The third-order valence-corrected chi connectivity index (χ3v) is 3.86. The first kappa shape index (κ1) is 12.3. The third-order valence-electron chi connectivity index (χ3n) is 3.61. The maximum Gasteiger partial charge on any atom is 0.209 e. The van der Waals surface area contributed by atoms with Crippen molar-refractivity contribution in [1.29, 1.82) is 0 Å². The van der Waals surface area contributed by atoms with E-state index < -0.39 is 0 Å². The van der Waals surface area contributed by atoms with E-state index in [0.29, 0.717) is 16.5 Å². The van der Waals surface area contributed by atoms with Crippen LogP contribution in [-0.2, 0) is 5.54 Å². The van der Waals surface area contributed by atoms with Crippen molar-refractivity contribution in [3.8, 4) is 0 Å². The van der Waals surface area contributed by atoms with E-state index in [0.717, 1.165) is 17.7 Å². The molecule has 0 spiro atoms. The van der Waals surface area contributed by atoms with Crippen molar-refractivity contribution in [1.82, 2.24) is 25.3 Å². The Morgan fingerprint density at radius 2 is 2.21 bits per heavy atom. The Kier molecular flexibility index (Phi) is 2.50. The van der Waals surface area contributed by atoms with Gasteiger partial charge >= 0.3 is 0 Å². The highest BCUT2D eigenvalue weighted by Gasteiger charge is 2.43. The van der Waals surface area contributed by atoms with Gasteiger partial charge in [-0.3, -0.25) is 4.68 Å². The normalized spacial score (nSPS) is 21.6. The minimum Gasteiger partial charge on any atom is -0.406 e. The second-order valence-electron chi connectivity index (χ2n) is 4.99. The number of halogens is 1. The summed E-state index contributed by atoms with van der Waals surface area (Å²) in [5.41, 5.74) is 7.57. The maximum atomic E-state index is 6.20. The lowest BCUT2D eigenvalue weighted by Gasteiger charge is -2.25. The van der Waals surface area contributed by atoms with Gasteiger partial charge in [-0.1, -0.05) is 18.5 Å². The summed E-state index contributed by atoms with van der Waals surface area (Å²) in [6, 6.07) is 0. The Labute approximate surface area is 115 Å². The van der Waals surface area contributed by atoms with E-state index in [1.807, 2.05) is 18.5 Å². The molecule has 0 bridgehead atoms. The molecule has 1 aliphatic heterocycles. The van der Waals surface area contributed by atoms with Gasteiger partial charge in [0.05, 0.1) is 5.56 Å². The summed E-state index contributed by atoms with van der Waals surface area (Å²) in [4.78, 5) is 0. The molecule has 8 heteroatoms. The summed E-state index contributed by atoms with van der Waals surface area (Å²) in [5.74, 6) is 0. The van der Waals surface area contributed by atoms with Gasteiger partial charge in [0.15, 0.2) is 5.54 Å². The summed E-state index contributed by atoms with van der Waals surface area (Å²) >= 11 is 6.20. The fourth-order valence-corrected chi connectivity index (χ4v) is 2.77. The molecular weight excluding hydrogens is 266 g/mol. The number of tetrazole rings is 1. The Bertz CT molecular complexity index is 700. The van der Waals surface area contributed by atoms with Gasteiger partial charge in [0.2, 0.25) is 5.65 Å². The van der Waals surface area contributed by atoms with E-state index >= 15 is 0 Å². The van der Waals surface area contributed by atoms with Crippen LogP contribution in [0.2, 0.25) is 5.15 Å². The lowest BCUT2D eigenvalue weighted by atomic mass is 9.91. The molecule has 7 nitrogen and oxygen atoms in total. The van der Waals surface area contributed by atoms with Gasteiger partial charge in [0.25, 0.3) is 0 Å². The average Bonchev–Trinajstić information content (AvgIpc) is 2.92. The number of fused-ring (bicyclic) bond motifs is 3. The molecular formula is C11H14ClN7. The highest BCUT2D eigenvalue weighted by molar-refractivity contribution is 6.32. The van der Waals surface area contributed by atoms with Gasteiger partial charge in [-0.2, -0.15) is 0 Å². The first-order valence-electron chi connectivity index (χ1n) is 6.09. The average molecular weight is 280 g/mol. The van der Waals surface area contributed by atoms with Crippen LogP contribution in [0.5, 0.6) is 0 Å². The van der Waals surface area contributed by atoms with Crippen molar-refractivity contribution in [3.63, 3.8) is 0 Å². The molecule has 0 saturated heterocycles. The minimum atomic E-state index is -0.309. The Morgan fingerprint density at radius 3 is 2.84 bits per heavy atom. The summed E-state index contributed by atoms with van der Waals surface area (Å²) < 4.78 is 3.33. The van der Waals surface area contributed by atoms with Gasteiger partial charge in [0, 0.05) is 27.2 Å². The highest BCUT2D eigenvalue weighted by Crippen LogP contribution is 2.50. The van der Waals surface area contributed by atoms with Crippen LogP contribution in [0.1, 0.15) is 39.7 Å². The number of aromatic nitrogens is 5. The van der Waals surface area contributed by atoms with Gasteiger partial charge in [-0.25, -0.2) is 0 Å². The molecule has 1 unspecified atom stereocenters. The molecule has 2 aromatic rings. The second-order valence-corrected chi connectivity index (χ2v) is 5.35. The van der Waals surface area contributed by atoms with Crippen LogP contribution < -0.4 is 0 Å². The van der Waals surface area contributed by atoms with Crippen LogP contribution in [0, 0.1) is 0 Å². The van der Waals surface area contributed by atoms with Gasteiger partial charge in [-0.05, 0) is 16.1 Å². The highest BCUT2D eigenvalue weighted by atomic mass is 35.5. The molecule has 0 radical (unpaired) electrons. The predicted molar refractivity (Wildman–Crippen MR) is 70.9 cm³/mol. The Morgan fingerprint density at radius 1 is 1.47 bits per heavy atom. The molecule has 2 aromatic heterocycles. The maximum absolute atomic E-state index is 6.20. The molecule has 0 N–H and O–H groups in total. The van der Waals surface area contributed by atoms with Crippen LogP contribution in [0.3, 0.4) is 0 Å². The fraction of sp³-hybridized carbons (Fsp3) is 0.545. The van der Waals surface area contributed by atoms with E-state index in [2.05, 4.69) is 39.9 Å². The predicted octanol–water partition coefficient (Wildman–Crippen LogP) is 2.22. The van der Waals surface area contributed by atoms with Crippen molar-refractivity contribution in [3.05, 3.63) is 16.1 Å². The number of hydrogen-bond donors (Lipinski definition) is 0. The number of hydrogen-bond acceptors (Lipinski definition) is 4. The van der Waals surface area contributed by atoms with Crippen LogP contribution >= 0.6 is 11.6 Å². The zero-order valence-electron chi connectivity index (χ0n) is 11.2. The van der Waals surface area contributed by atoms with Crippen LogP contribution in [0.4, 0.5) is 5.69 Å². The lowest BCUT2D eigenvalue weighted by molar-refractivity contribution is -0.559. The van der Waals surface area contributed by atoms with Gasteiger partial charge in [0.1, 0.15) is 10.9 Å². The molecule has 3 rings (SSSR count). The zero-order valence-corrected chi connectivity index (χ0v) is 12.0. The zero-order chi connectivity index (χ0) is 13.8. The fourth-order valence-electron chi connectivity index (χ4n) is 2.56. The van der Waals surface area contributed by atoms with E-state index in [4.69, 9.17) is 11.6 Å². The molecule has 3 heterocycles. The standard InChI is InChI=1S/C11H14ClN7/c1-5-11(4)7-8(14-18(11)6(2)3)9(12)15-19-10(7)13-16-17-19/h5H2,1-4H3. The lowest BCUT2D eigenvalue weighted by Crippen LogP contribution is -2.32. The molecule has 0 aliphatic carbocycles. The van der Waals surface area contributed by atoms with Crippen molar-refractivity contribution in [2.24, 2.45) is 0 Å². The first-order chi connectivity index (χ1) is 8.99. The van der Waals surface area contributed by atoms with E-state index in [1.54, 1.807) is 0 Å². The van der Waals surface area contributed by atoms with Crippen LogP contribution in [0.25, 0.3) is 11.1 Å². The molecule has 0 aromatic carbocycles. The Balaban J connectivity index is 2.43. The summed E-state index contributed by atoms with van der Waals surface area (Å²) in [6.45, 7) is 8.25. The van der Waals surface area contributed by atoms with E-state index in [9.17, 15) is 0 Å². The van der Waals surface area contributed by atoms with E-state index in [1.165, 1.54) is 4.63 Å². The molecule has 1 aliphatic rings. The topological polar surface area (TPSA) is 73.1 Å². The molecule has 0 amide bonds. The molecule has 0 saturated carbocycles. The minimum absolute atomic E-state index is 0.309. The number of nitrogens with zero attached hydrogens (tertiary/aromatic N) is 7. The van der Waals surface area contributed by atoms with Crippen molar-refractivity contribution in [2.45, 2.75) is 39.7 Å². The van der Waals surface area contributed by atoms with Gasteiger partial charge in [-0.15, -0.1) is 14.8 Å². The molecule has 1 atom stereocenters. The van der Waals surface area contributed by atoms with Crippen molar-refractivity contribution >= 4 is 28.6 Å².